The van der Waals surface area contributed by atoms with E-state index in [0.29, 0.717) is 11.2 Å². The van der Waals surface area contributed by atoms with Gasteiger partial charge < -0.3 is 15.3 Å². The number of aliphatic imine (C=N–C) groups is 1. The molecule has 2 heterocycles. The highest BCUT2D eigenvalue weighted by atomic mass is 16.4. The quantitative estimate of drug-likeness (QED) is 0.624. The van der Waals surface area contributed by atoms with Crippen molar-refractivity contribution in [3.05, 3.63) is 48.6 Å². The SMILES string of the molecule is [B]c1ccc(N=C(/C=C(\N)c2ccco2)C(=O)O)nc1. The maximum Gasteiger partial charge on any atom is 0.354 e. The number of furan rings is 1. The summed E-state index contributed by atoms with van der Waals surface area (Å²) in [5.41, 5.74) is 6.11. The molecular weight excluding hydrogens is 257 g/mol. The maximum atomic E-state index is 11.2. The third kappa shape index (κ3) is 3.35. The first-order valence-electron chi connectivity index (χ1n) is 5.61. The van der Waals surface area contributed by atoms with E-state index < -0.39 is 5.97 Å². The van der Waals surface area contributed by atoms with Gasteiger partial charge in [-0.1, -0.05) is 11.5 Å². The number of carboxylic acid groups (broad SMARTS) is 1. The minimum atomic E-state index is -1.22. The highest BCUT2D eigenvalue weighted by molar-refractivity contribution is 6.42. The summed E-state index contributed by atoms with van der Waals surface area (Å²) in [7, 11) is 5.49. The Bertz CT molecular complexity index is 661. The standard InChI is InChI=1S/C13H10BN3O3/c14-8-3-4-12(16-7-8)17-10(13(18)19)6-9(15)11-2-1-5-20-11/h1-7H,15H2,(H,18,19)/b9-6-,17-10?. The Labute approximate surface area is 116 Å². The van der Waals surface area contributed by atoms with Crippen molar-refractivity contribution in [3.8, 4) is 0 Å². The van der Waals surface area contributed by atoms with Crippen LogP contribution in [-0.2, 0) is 4.79 Å². The average Bonchev–Trinajstić information content (AvgIpc) is 2.94. The molecule has 0 aromatic carbocycles. The monoisotopic (exact) mass is 267 g/mol. The van der Waals surface area contributed by atoms with Gasteiger partial charge in [-0.2, -0.15) is 0 Å². The molecule has 0 saturated carbocycles. The van der Waals surface area contributed by atoms with Gasteiger partial charge in [0.2, 0.25) is 0 Å². The number of hydrogen-bond acceptors (Lipinski definition) is 5. The molecule has 0 amide bonds. The van der Waals surface area contributed by atoms with Crippen LogP contribution in [-0.4, -0.2) is 29.6 Å². The summed E-state index contributed by atoms with van der Waals surface area (Å²) in [5.74, 6) is -0.637. The molecule has 0 atom stereocenters. The van der Waals surface area contributed by atoms with E-state index in [0.717, 1.165) is 0 Å². The number of nitrogens with two attached hydrogens (primary N) is 1. The summed E-state index contributed by atoms with van der Waals surface area (Å²) < 4.78 is 5.07. The summed E-state index contributed by atoms with van der Waals surface area (Å²) in [6.45, 7) is 0. The lowest BCUT2D eigenvalue weighted by molar-refractivity contribution is -0.129. The molecule has 0 aliphatic carbocycles. The number of hydrogen-bond donors (Lipinski definition) is 2. The van der Waals surface area contributed by atoms with Gasteiger partial charge in [-0.15, -0.1) is 0 Å². The first-order valence-corrected chi connectivity index (χ1v) is 5.61. The molecule has 20 heavy (non-hydrogen) atoms. The second-order valence-corrected chi connectivity index (χ2v) is 3.83. The van der Waals surface area contributed by atoms with Crippen LogP contribution in [0, 0.1) is 0 Å². The fraction of sp³-hybridized carbons (Fsp3) is 0. The van der Waals surface area contributed by atoms with Gasteiger partial charge in [0.15, 0.2) is 11.5 Å². The third-order valence-corrected chi connectivity index (χ3v) is 2.32. The van der Waals surface area contributed by atoms with E-state index in [2.05, 4.69) is 9.98 Å². The number of rotatable bonds is 4. The zero-order valence-electron chi connectivity index (χ0n) is 10.4. The molecule has 7 heteroatoms. The zero-order chi connectivity index (χ0) is 14.5. The van der Waals surface area contributed by atoms with E-state index in [4.69, 9.17) is 23.1 Å². The average molecular weight is 267 g/mol. The van der Waals surface area contributed by atoms with Gasteiger partial charge in [0.1, 0.15) is 13.6 Å². The van der Waals surface area contributed by atoms with Crippen LogP contribution in [0.25, 0.3) is 5.70 Å². The first-order chi connectivity index (χ1) is 9.56. The smallest absolute Gasteiger partial charge is 0.354 e. The maximum absolute atomic E-state index is 11.2. The van der Waals surface area contributed by atoms with Gasteiger partial charge in [0, 0.05) is 6.20 Å². The molecule has 98 valence electrons. The van der Waals surface area contributed by atoms with Gasteiger partial charge in [0.05, 0.1) is 12.0 Å². The normalized spacial score (nSPS) is 12.4. The fourth-order valence-electron chi connectivity index (χ4n) is 1.39. The molecule has 2 radical (unpaired) electrons. The summed E-state index contributed by atoms with van der Waals surface area (Å²) in [6, 6.07) is 6.35. The Morgan fingerprint density at radius 3 is 2.80 bits per heavy atom. The molecular formula is C13H10BN3O3. The van der Waals surface area contributed by atoms with E-state index >= 15 is 0 Å². The van der Waals surface area contributed by atoms with E-state index in [-0.39, 0.29) is 17.2 Å². The van der Waals surface area contributed by atoms with Crippen molar-refractivity contribution in [2.24, 2.45) is 10.7 Å². The largest absolute Gasteiger partial charge is 0.477 e. The number of carbonyl (C=O) groups is 1. The Morgan fingerprint density at radius 2 is 2.25 bits per heavy atom. The van der Waals surface area contributed by atoms with Crippen molar-refractivity contribution in [3.63, 3.8) is 0 Å². The Hall–Kier alpha value is -2.83. The summed E-state index contributed by atoms with van der Waals surface area (Å²) in [6.07, 6.45) is 4.03. The van der Waals surface area contributed by atoms with Crippen LogP contribution in [0.2, 0.25) is 0 Å². The molecule has 0 aliphatic rings. The number of nitrogens with zero attached hydrogens (tertiary/aromatic N) is 2. The molecule has 0 saturated heterocycles. The number of aromatic nitrogens is 1. The van der Waals surface area contributed by atoms with Gasteiger partial charge in [-0.3, -0.25) is 0 Å². The molecule has 2 aromatic rings. The number of pyridine rings is 1. The van der Waals surface area contributed by atoms with Crippen molar-refractivity contribution >= 4 is 36.5 Å². The first kappa shape index (κ1) is 13.6. The zero-order valence-corrected chi connectivity index (χ0v) is 10.4. The molecule has 0 unspecified atom stereocenters. The Kier molecular flexibility index (Phi) is 4.00. The molecule has 0 aliphatic heterocycles. The van der Waals surface area contributed by atoms with Crippen LogP contribution in [0.3, 0.4) is 0 Å². The van der Waals surface area contributed by atoms with Gasteiger partial charge >= 0.3 is 5.97 Å². The molecule has 0 bridgehead atoms. The minimum absolute atomic E-state index is 0.159. The Morgan fingerprint density at radius 1 is 1.45 bits per heavy atom. The fourth-order valence-corrected chi connectivity index (χ4v) is 1.39. The van der Waals surface area contributed by atoms with Gasteiger partial charge in [-0.25, -0.2) is 14.8 Å². The van der Waals surface area contributed by atoms with Gasteiger partial charge in [0.25, 0.3) is 0 Å². The number of aliphatic carboxylic acids is 1. The summed E-state index contributed by atoms with van der Waals surface area (Å²) in [4.78, 5) is 19.0. The second kappa shape index (κ2) is 5.88. The third-order valence-electron chi connectivity index (χ3n) is 2.32. The van der Waals surface area contributed by atoms with Crippen LogP contribution in [0.5, 0.6) is 0 Å². The summed E-state index contributed by atoms with van der Waals surface area (Å²) in [5, 5.41) is 9.12. The lowest BCUT2D eigenvalue weighted by atomic mass is 9.99. The van der Waals surface area contributed by atoms with Crippen molar-refractivity contribution < 1.29 is 14.3 Å². The van der Waals surface area contributed by atoms with Crippen LogP contribution < -0.4 is 11.2 Å². The highest BCUT2D eigenvalue weighted by Crippen LogP contribution is 2.11. The summed E-state index contributed by atoms with van der Waals surface area (Å²) >= 11 is 0. The molecule has 2 aromatic heterocycles. The van der Waals surface area contributed by atoms with Crippen LogP contribution in [0.4, 0.5) is 5.82 Å². The second-order valence-electron chi connectivity index (χ2n) is 3.83. The van der Waals surface area contributed by atoms with Crippen LogP contribution in [0.1, 0.15) is 5.76 Å². The van der Waals surface area contributed by atoms with Crippen molar-refractivity contribution in [1.82, 2.24) is 4.98 Å². The molecule has 6 nitrogen and oxygen atoms in total. The Balaban J connectivity index is 2.34. The lowest BCUT2D eigenvalue weighted by Gasteiger charge is -1.99. The van der Waals surface area contributed by atoms with Crippen LogP contribution >= 0.6 is 0 Å². The van der Waals surface area contributed by atoms with Crippen molar-refractivity contribution in [2.45, 2.75) is 0 Å². The van der Waals surface area contributed by atoms with E-state index in [9.17, 15) is 4.79 Å². The highest BCUT2D eigenvalue weighted by Gasteiger charge is 2.10. The molecule has 3 N–H and O–H groups in total. The van der Waals surface area contributed by atoms with E-state index in [1.807, 2.05) is 0 Å². The van der Waals surface area contributed by atoms with E-state index in [1.54, 1.807) is 18.2 Å². The number of carboxylic acids is 1. The predicted molar refractivity (Wildman–Crippen MR) is 75.2 cm³/mol. The minimum Gasteiger partial charge on any atom is -0.477 e. The topological polar surface area (TPSA) is 102 Å². The van der Waals surface area contributed by atoms with E-state index in [1.165, 1.54) is 24.6 Å². The lowest BCUT2D eigenvalue weighted by Crippen LogP contribution is -2.12. The van der Waals surface area contributed by atoms with Crippen molar-refractivity contribution in [2.75, 3.05) is 0 Å². The van der Waals surface area contributed by atoms with Crippen molar-refractivity contribution in [1.29, 1.82) is 0 Å². The molecule has 0 fully saturated rings. The predicted octanol–water partition coefficient (Wildman–Crippen LogP) is 0.625. The molecule has 2 rings (SSSR count). The van der Waals surface area contributed by atoms with Gasteiger partial charge in [-0.05, 0) is 24.3 Å². The molecule has 0 spiro atoms. The van der Waals surface area contributed by atoms with Crippen LogP contribution in [0.15, 0.2) is 52.2 Å².